The molecule has 3 aliphatic rings. The number of carbonyl (C=O) groups excluding carboxylic acids is 2. The van der Waals surface area contributed by atoms with Gasteiger partial charge >= 0.3 is 6.09 Å². The maximum atomic E-state index is 14.1. The van der Waals surface area contributed by atoms with Crippen LogP contribution >= 0.6 is 11.6 Å². The van der Waals surface area contributed by atoms with E-state index < -0.39 is 33.9 Å². The summed E-state index contributed by atoms with van der Waals surface area (Å²) in [7, 11) is -4.04. The van der Waals surface area contributed by atoms with Crippen molar-refractivity contribution in [1.29, 1.82) is 0 Å². The number of rotatable bonds is 9. The number of piperidine rings is 1. The van der Waals surface area contributed by atoms with Crippen LogP contribution in [0.25, 0.3) is 0 Å². The van der Waals surface area contributed by atoms with Gasteiger partial charge in [0.2, 0.25) is 15.9 Å². The molecule has 12 heteroatoms. The molecule has 0 aromatic heterocycles. The fourth-order valence-electron chi connectivity index (χ4n) is 6.39. The molecule has 2 aliphatic heterocycles. The Morgan fingerprint density at radius 1 is 0.913 bits per heavy atom. The molecule has 3 fully saturated rings. The van der Waals surface area contributed by atoms with Crippen molar-refractivity contribution in [1.82, 2.24) is 14.5 Å². The lowest BCUT2D eigenvalue weighted by Crippen LogP contribution is -2.52. The van der Waals surface area contributed by atoms with Crippen LogP contribution in [0.5, 0.6) is 11.5 Å². The number of nitrogens with one attached hydrogen (secondary N) is 1. The first-order chi connectivity index (χ1) is 21.9. The van der Waals surface area contributed by atoms with Gasteiger partial charge in [0.1, 0.15) is 29.2 Å². The third-order valence-corrected chi connectivity index (χ3v) is 10.9. The summed E-state index contributed by atoms with van der Waals surface area (Å²) in [5.74, 6) is 1.44. The van der Waals surface area contributed by atoms with Gasteiger partial charge in [-0.25, -0.2) is 13.2 Å². The Kier molecular flexibility index (Phi) is 11.1. The molecule has 2 saturated heterocycles. The lowest BCUT2D eigenvalue weighted by molar-refractivity contribution is -0.135. The van der Waals surface area contributed by atoms with Crippen LogP contribution in [0, 0.1) is 5.92 Å². The average Bonchev–Trinajstić information content (AvgIpc) is 3.46. The van der Waals surface area contributed by atoms with Crippen LogP contribution < -0.4 is 14.8 Å². The van der Waals surface area contributed by atoms with E-state index in [9.17, 15) is 18.0 Å². The van der Waals surface area contributed by atoms with Crippen LogP contribution in [0.15, 0.2) is 53.4 Å². The quantitative estimate of drug-likeness (QED) is 0.346. The van der Waals surface area contributed by atoms with E-state index in [2.05, 4.69) is 5.32 Å². The van der Waals surface area contributed by atoms with Crippen LogP contribution in [0.1, 0.15) is 72.1 Å². The largest absolute Gasteiger partial charge is 0.493 e. The van der Waals surface area contributed by atoms with Gasteiger partial charge in [-0.05, 0) is 101 Å². The molecule has 1 saturated carbocycles. The van der Waals surface area contributed by atoms with Crippen molar-refractivity contribution >= 4 is 33.6 Å². The Morgan fingerprint density at radius 2 is 1.54 bits per heavy atom. The van der Waals surface area contributed by atoms with Gasteiger partial charge in [0, 0.05) is 30.6 Å². The molecule has 2 amide bonds. The Balaban J connectivity index is 1.27. The summed E-state index contributed by atoms with van der Waals surface area (Å²) < 4.78 is 46.9. The minimum atomic E-state index is -4.04. The molecule has 5 rings (SSSR count). The highest BCUT2D eigenvalue weighted by Crippen LogP contribution is 2.32. The molecule has 0 bridgehead atoms. The normalized spacial score (nSPS) is 22.0. The summed E-state index contributed by atoms with van der Waals surface area (Å²) >= 11 is 6.03. The van der Waals surface area contributed by atoms with Gasteiger partial charge in [0.05, 0.1) is 18.0 Å². The van der Waals surface area contributed by atoms with E-state index in [0.717, 1.165) is 12.8 Å². The Hall–Kier alpha value is -3.02. The van der Waals surface area contributed by atoms with Gasteiger partial charge in [-0.1, -0.05) is 30.9 Å². The Bertz CT molecular complexity index is 1430. The molecular weight excluding hydrogens is 630 g/mol. The highest BCUT2D eigenvalue weighted by atomic mass is 35.5. The van der Waals surface area contributed by atoms with Crippen LogP contribution in [0.4, 0.5) is 4.79 Å². The van der Waals surface area contributed by atoms with E-state index in [1.807, 2.05) is 0 Å². The number of amides is 2. The monoisotopic (exact) mass is 675 g/mol. The van der Waals surface area contributed by atoms with Crippen molar-refractivity contribution in [3.8, 4) is 11.5 Å². The molecule has 0 spiro atoms. The van der Waals surface area contributed by atoms with Gasteiger partial charge < -0.3 is 24.4 Å². The molecule has 46 heavy (non-hydrogen) atoms. The maximum Gasteiger partial charge on any atom is 0.407 e. The lowest BCUT2D eigenvalue weighted by Gasteiger charge is -2.35. The predicted octanol–water partition coefficient (Wildman–Crippen LogP) is 6.03. The summed E-state index contributed by atoms with van der Waals surface area (Å²) in [6.45, 7) is 6.85. The highest BCUT2D eigenvalue weighted by molar-refractivity contribution is 7.89. The van der Waals surface area contributed by atoms with Crippen LogP contribution in [0.2, 0.25) is 5.02 Å². The number of hydrogen-bond acceptors (Lipinski definition) is 7. The first kappa shape index (κ1) is 34.3. The van der Waals surface area contributed by atoms with Crippen LogP contribution in [-0.2, 0) is 19.6 Å². The van der Waals surface area contributed by atoms with Crippen molar-refractivity contribution in [2.75, 3.05) is 26.2 Å². The van der Waals surface area contributed by atoms with E-state index in [-0.39, 0.29) is 29.8 Å². The first-order valence-corrected chi connectivity index (χ1v) is 18.1. The summed E-state index contributed by atoms with van der Waals surface area (Å²) in [5, 5.41) is 3.45. The van der Waals surface area contributed by atoms with Crippen LogP contribution in [-0.4, -0.2) is 79.7 Å². The van der Waals surface area contributed by atoms with E-state index in [1.165, 1.54) is 23.6 Å². The van der Waals surface area contributed by atoms with Gasteiger partial charge in [-0.2, -0.15) is 4.31 Å². The topological polar surface area (TPSA) is 114 Å². The molecule has 2 heterocycles. The third kappa shape index (κ3) is 9.07. The first-order valence-electron chi connectivity index (χ1n) is 16.3. The molecule has 1 N–H and O–H groups in total. The van der Waals surface area contributed by atoms with Crippen molar-refractivity contribution in [2.24, 2.45) is 5.92 Å². The molecule has 2 aromatic rings. The van der Waals surface area contributed by atoms with E-state index in [4.69, 9.17) is 25.8 Å². The molecule has 1 aliphatic carbocycles. The second-order valence-electron chi connectivity index (χ2n) is 13.6. The zero-order valence-electron chi connectivity index (χ0n) is 27.0. The van der Waals surface area contributed by atoms with E-state index in [1.54, 1.807) is 74.2 Å². The number of sulfonamides is 1. The number of benzene rings is 2. The zero-order valence-corrected chi connectivity index (χ0v) is 28.5. The van der Waals surface area contributed by atoms with Crippen molar-refractivity contribution < 1.29 is 32.2 Å². The number of hydrogen-bond donors (Lipinski definition) is 1. The second-order valence-corrected chi connectivity index (χ2v) is 15.9. The SMILES string of the molecule is CC(C)(C)OC(=O)NC1CCN(C(=O)[C@@H]2C[C@@H](Oc3ccc(Cl)cc3)CN2S(=O)(=O)c2ccc(OCC3CCCCC3)cc2)CC1. The number of nitrogens with zero attached hydrogens (tertiary/aromatic N) is 2. The molecule has 2 atom stereocenters. The number of ether oxygens (including phenoxy) is 3. The average molecular weight is 676 g/mol. The van der Waals surface area contributed by atoms with Crippen molar-refractivity contribution in [2.45, 2.75) is 101 Å². The fraction of sp³-hybridized carbons (Fsp3) is 0.588. The van der Waals surface area contributed by atoms with E-state index in [0.29, 0.717) is 55.0 Å². The number of likely N-dealkylation sites (tertiary alicyclic amines) is 1. The number of halogens is 1. The smallest absolute Gasteiger partial charge is 0.407 e. The molecule has 2 aromatic carbocycles. The molecule has 0 radical (unpaired) electrons. The third-order valence-electron chi connectivity index (χ3n) is 8.79. The standard InChI is InChI=1S/C34H46ClN3O7S/c1-34(2,3)45-33(40)36-26-17-19-37(20-18-26)32(39)31-21-29(44-28-11-9-25(35)10-12-28)22-38(31)46(41,42)30-15-13-27(14-16-30)43-23-24-7-5-4-6-8-24/h9-16,24,26,29,31H,4-8,17-23H2,1-3H3,(H,36,40)/t29-,31+/m1/s1. The van der Waals surface area contributed by atoms with Crippen molar-refractivity contribution in [3.05, 3.63) is 53.6 Å². The van der Waals surface area contributed by atoms with Gasteiger partial charge in [-0.3, -0.25) is 4.79 Å². The van der Waals surface area contributed by atoms with Gasteiger partial charge in [0.25, 0.3) is 0 Å². The van der Waals surface area contributed by atoms with Crippen molar-refractivity contribution in [3.63, 3.8) is 0 Å². The van der Waals surface area contributed by atoms with E-state index >= 15 is 0 Å². The van der Waals surface area contributed by atoms with Gasteiger partial charge in [-0.15, -0.1) is 0 Å². The Morgan fingerprint density at radius 3 is 2.17 bits per heavy atom. The molecular formula is C34H46ClN3O7S. The number of alkyl carbamates (subject to hydrolysis) is 1. The molecule has 10 nitrogen and oxygen atoms in total. The fourth-order valence-corrected chi connectivity index (χ4v) is 8.14. The highest BCUT2D eigenvalue weighted by Gasteiger charge is 2.46. The maximum absolute atomic E-state index is 14.1. The molecule has 252 valence electrons. The summed E-state index contributed by atoms with van der Waals surface area (Å²) in [4.78, 5) is 28.0. The number of carbonyl (C=O) groups is 2. The minimum absolute atomic E-state index is 0.0258. The molecule has 0 unspecified atom stereocenters. The Labute approximate surface area is 277 Å². The second kappa shape index (κ2) is 14.8. The van der Waals surface area contributed by atoms with Crippen LogP contribution in [0.3, 0.4) is 0 Å². The summed E-state index contributed by atoms with van der Waals surface area (Å²) in [6.07, 6.45) is 6.32. The summed E-state index contributed by atoms with van der Waals surface area (Å²) in [6, 6.07) is 12.3. The van der Waals surface area contributed by atoms with Gasteiger partial charge in [0.15, 0.2) is 0 Å². The summed E-state index contributed by atoms with van der Waals surface area (Å²) in [5.41, 5.74) is -0.606. The zero-order chi connectivity index (χ0) is 32.9. The predicted molar refractivity (Wildman–Crippen MR) is 176 cm³/mol. The lowest BCUT2D eigenvalue weighted by atomic mass is 9.90. The minimum Gasteiger partial charge on any atom is -0.493 e.